The smallest absolute Gasteiger partial charge is 0.150 e. The van der Waals surface area contributed by atoms with E-state index in [9.17, 15) is 8.42 Å². The number of aromatic nitrogens is 2. The first kappa shape index (κ1) is 14.5. The monoisotopic (exact) mass is 285 g/mol. The second-order valence-electron chi connectivity index (χ2n) is 5.48. The van der Waals surface area contributed by atoms with Gasteiger partial charge in [0.05, 0.1) is 11.5 Å². The number of hydrogen-bond donors (Lipinski definition) is 1. The number of rotatable bonds is 6. The summed E-state index contributed by atoms with van der Waals surface area (Å²) in [5, 5.41) is 3.31. The number of nitrogens with one attached hydrogen (secondary N) is 1. The molecule has 1 fully saturated rings. The number of sulfone groups is 1. The summed E-state index contributed by atoms with van der Waals surface area (Å²) in [5.74, 6) is 2.14. The van der Waals surface area contributed by atoms with Gasteiger partial charge in [-0.2, -0.15) is 0 Å². The Morgan fingerprint density at radius 3 is 2.89 bits per heavy atom. The third-order valence-electron chi connectivity index (χ3n) is 3.99. The molecule has 0 aromatic carbocycles. The van der Waals surface area contributed by atoms with E-state index in [1.165, 1.54) is 0 Å². The van der Waals surface area contributed by atoms with Crippen molar-refractivity contribution in [1.29, 1.82) is 0 Å². The van der Waals surface area contributed by atoms with Crippen LogP contribution in [0.15, 0.2) is 12.4 Å². The molecule has 0 bridgehead atoms. The van der Waals surface area contributed by atoms with E-state index < -0.39 is 9.84 Å². The summed E-state index contributed by atoms with van der Waals surface area (Å²) in [6.45, 7) is 0. The molecule has 0 aliphatic carbocycles. The number of aryl methyl sites for hydroxylation is 2. The van der Waals surface area contributed by atoms with Crippen molar-refractivity contribution in [2.24, 2.45) is 13.0 Å². The van der Waals surface area contributed by atoms with Gasteiger partial charge in [0.25, 0.3) is 0 Å². The minimum Gasteiger partial charge on any atom is -0.338 e. The first-order valence-electron chi connectivity index (χ1n) is 6.84. The van der Waals surface area contributed by atoms with Gasteiger partial charge in [0.1, 0.15) is 5.82 Å². The van der Waals surface area contributed by atoms with Crippen LogP contribution < -0.4 is 5.32 Å². The van der Waals surface area contributed by atoms with E-state index in [0.717, 1.165) is 31.5 Å². The molecule has 1 aliphatic rings. The summed E-state index contributed by atoms with van der Waals surface area (Å²) in [4.78, 5) is 4.32. The van der Waals surface area contributed by atoms with Crippen molar-refractivity contribution in [3.63, 3.8) is 0 Å². The van der Waals surface area contributed by atoms with Gasteiger partial charge in [-0.1, -0.05) is 0 Å². The zero-order valence-corrected chi connectivity index (χ0v) is 12.5. The lowest BCUT2D eigenvalue weighted by Gasteiger charge is -2.19. The molecule has 0 amide bonds. The van der Waals surface area contributed by atoms with Crippen LogP contribution in [0.5, 0.6) is 0 Å². The van der Waals surface area contributed by atoms with Crippen molar-refractivity contribution in [1.82, 2.24) is 14.9 Å². The zero-order chi connectivity index (χ0) is 13.9. The molecular weight excluding hydrogens is 262 g/mol. The molecule has 0 spiro atoms. The Morgan fingerprint density at radius 2 is 2.37 bits per heavy atom. The molecule has 19 heavy (non-hydrogen) atoms. The van der Waals surface area contributed by atoms with E-state index in [4.69, 9.17) is 0 Å². The molecule has 2 unspecified atom stereocenters. The van der Waals surface area contributed by atoms with E-state index in [-0.39, 0.29) is 0 Å². The molecule has 2 heterocycles. The first-order chi connectivity index (χ1) is 9.00. The topological polar surface area (TPSA) is 64.0 Å². The molecule has 108 valence electrons. The van der Waals surface area contributed by atoms with E-state index in [2.05, 4.69) is 10.3 Å². The van der Waals surface area contributed by atoms with Crippen molar-refractivity contribution < 1.29 is 8.42 Å². The summed E-state index contributed by atoms with van der Waals surface area (Å²) >= 11 is 0. The van der Waals surface area contributed by atoms with Crippen LogP contribution in [-0.2, 0) is 23.3 Å². The predicted molar refractivity (Wildman–Crippen MR) is 75.8 cm³/mol. The van der Waals surface area contributed by atoms with Gasteiger partial charge in [-0.3, -0.25) is 0 Å². The molecule has 2 rings (SSSR count). The molecule has 1 aromatic heterocycles. The molecular formula is C13H23N3O2S. The lowest BCUT2D eigenvalue weighted by atomic mass is 9.96. The van der Waals surface area contributed by atoms with Crippen LogP contribution in [0.1, 0.15) is 25.1 Å². The van der Waals surface area contributed by atoms with Gasteiger partial charge in [-0.05, 0) is 32.2 Å². The average Bonchev–Trinajstić information content (AvgIpc) is 2.91. The second-order valence-corrected chi connectivity index (χ2v) is 7.71. The maximum Gasteiger partial charge on any atom is 0.150 e. The minimum absolute atomic E-state index is 0.323. The Kier molecular flexibility index (Phi) is 4.62. The predicted octanol–water partition coefficient (Wildman–Crippen LogP) is 0.766. The van der Waals surface area contributed by atoms with Crippen LogP contribution >= 0.6 is 0 Å². The Labute approximate surface area is 115 Å². The molecule has 1 aromatic rings. The third-order valence-corrected chi connectivity index (χ3v) is 5.83. The summed E-state index contributed by atoms with van der Waals surface area (Å²) in [7, 11) is 1.19. The molecule has 0 saturated carbocycles. The Hall–Kier alpha value is -0.880. The highest BCUT2D eigenvalue weighted by molar-refractivity contribution is 7.91. The van der Waals surface area contributed by atoms with Crippen molar-refractivity contribution in [3.8, 4) is 0 Å². The van der Waals surface area contributed by atoms with Gasteiger partial charge in [0, 0.05) is 31.9 Å². The van der Waals surface area contributed by atoms with Crippen molar-refractivity contribution in [2.75, 3.05) is 18.6 Å². The summed E-state index contributed by atoms with van der Waals surface area (Å²) in [6, 6.07) is 0.370. The van der Waals surface area contributed by atoms with Crippen LogP contribution in [0.4, 0.5) is 0 Å². The van der Waals surface area contributed by atoms with Crippen LogP contribution in [0.2, 0.25) is 0 Å². The molecule has 5 nitrogen and oxygen atoms in total. The van der Waals surface area contributed by atoms with Crippen molar-refractivity contribution in [2.45, 2.75) is 31.7 Å². The van der Waals surface area contributed by atoms with Crippen molar-refractivity contribution in [3.05, 3.63) is 18.2 Å². The highest BCUT2D eigenvalue weighted by atomic mass is 32.2. The average molecular weight is 285 g/mol. The minimum atomic E-state index is -2.76. The highest BCUT2D eigenvalue weighted by Crippen LogP contribution is 2.24. The SMILES string of the molecule is CNC(CCc1nccn1C)CC1CCS(=O)(=O)C1. The van der Waals surface area contributed by atoms with Crippen LogP contribution in [0.3, 0.4) is 0 Å². The fourth-order valence-electron chi connectivity index (χ4n) is 2.78. The quantitative estimate of drug-likeness (QED) is 0.838. The molecule has 0 radical (unpaired) electrons. The third kappa shape index (κ3) is 4.04. The lowest BCUT2D eigenvalue weighted by molar-refractivity contribution is 0.404. The highest BCUT2D eigenvalue weighted by Gasteiger charge is 2.29. The number of hydrogen-bond acceptors (Lipinski definition) is 4. The lowest BCUT2D eigenvalue weighted by Crippen LogP contribution is -2.29. The fourth-order valence-corrected chi connectivity index (χ4v) is 4.66. The molecule has 1 saturated heterocycles. The van der Waals surface area contributed by atoms with Crippen LogP contribution in [-0.4, -0.2) is 42.6 Å². The van der Waals surface area contributed by atoms with Crippen molar-refractivity contribution >= 4 is 9.84 Å². The maximum atomic E-state index is 11.5. The number of nitrogens with zero attached hydrogens (tertiary/aromatic N) is 2. The molecule has 1 N–H and O–H groups in total. The van der Waals surface area contributed by atoms with Gasteiger partial charge < -0.3 is 9.88 Å². The summed E-state index contributed by atoms with van der Waals surface area (Å²) < 4.78 is 25.0. The molecule has 2 atom stereocenters. The van der Waals surface area contributed by atoms with Gasteiger partial charge in [-0.25, -0.2) is 13.4 Å². The first-order valence-corrected chi connectivity index (χ1v) is 8.66. The Morgan fingerprint density at radius 1 is 1.58 bits per heavy atom. The normalized spacial score (nSPS) is 23.6. The van der Waals surface area contributed by atoms with Gasteiger partial charge in [0.2, 0.25) is 0 Å². The Bertz CT molecular complexity index is 510. The molecule has 1 aliphatic heterocycles. The zero-order valence-electron chi connectivity index (χ0n) is 11.7. The maximum absolute atomic E-state index is 11.5. The summed E-state index contributed by atoms with van der Waals surface area (Å²) in [6.07, 6.45) is 7.45. The largest absolute Gasteiger partial charge is 0.338 e. The fraction of sp³-hybridized carbons (Fsp3) is 0.769. The van der Waals surface area contributed by atoms with E-state index in [1.807, 2.05) is 31.1 Å². The van der Waals surface area contributed by atoms with Gasteiger partial charge in [0.15, 0.2) is 9.84 Å². The Balaban J connectivity index is 1.82. The summed E-state index contributed by atoms with van der Waals surface area (Å²) in [5.41, 5.74) is 0. The standard InChI is InChI=1S/C13H23N3O2S/c1-14-12(3-4-13-15-6-7-16(13)2)9-11-5-8-19(17,18)10-11/h6-7,11-12,14H,3-5,8-10H2,1-2H3. The molecule has 6 heteroatoms. The second kappa shape index (κ2) is 6.05. The van der Waals surface area contributed by atoms with Gasteiger partial charge >= 0.3 is 0 Å². The van der Waals surface area contributed by atoms with Gasteiger partial charge in [-0.15, -0.1) is 0 Å². The van der Waals surface area contributed by atoms with Crippen LogP contribution in [0, 0.1) is 5.92 Å². The van der Waals surface area contributed by atoms with E-state index in [0.29, 0.717) is 23.5 Å². The number of imidazole rings is 1. The van der Waals surface area contributed by atoms with Crippen LogP contribution in [0.25, 0.3) is 0 Å². The van der Waals surface area contributed by atoms with E-state index >= 15 is 0 Å². The van der Waals surface area contributed by atoms with E-state index in [1.54, 1.807) is 0 Å².